The topological polar surface area (TPSA) is 63.9 Å². The fourth-order valence-electron chi connectivity index (χ4n) is 4.06. The second-order valence-corrected chi connectivity index (χ2v) is 8.25. The van der Waals surface area contributed by atoms with Gasteiger partial charge < -0.3 is 4.90 Å². The molecule has 1 saturated heterocycles. The maximum Gasteiger partial charge on any atom is 0.276 e. The van der Waals surface area contributed by atoms with Gasteiger partial charge in [-0.2, -0.15) is 0 Å². The molecule has 1 aliphatic heterocycles. The van der Waals surface area contributed by atoms with Gasteiger partial charge in [-0.05, 0) is 35.6 Å². The molecule has 0 N–H and O–H groups in total. The molecule has 0 aliphatic carbocycles. The third-order valence-electron chi connectivity index (χ3n) is 5.47. The summed E-state index contributed by atoms with van der Waals surface area (Å²) >= 11 is 1.61. The number of thiazole rings is 1. The van der Waals surface area contributed by atoms with Crippen LogP contribution in [0, 0.1) is 0 Å². The van der Waals surface area contributed by atoms with Gasteiger partial charge in [0.05, 0.1) is 18.8 Å². The molecule has 1 fully saturated rings. The molecule has 0 radical (unpaired) electrons. The average molecular weight is 404 g/mol. The Morgan fingerprint density at radius 1 is 1.14 bits per heavy atom. The second-order valence-electron chi connectivity index (χ2n) is 7.32. The largest absolute Gasteiger partial charge is 0.328 e. The van der Waals surface area contributed by atoms with Gasteiger partial charge >= 0.3 is 0 Å². The van der Waals surface area contributed by atoms with E-state index in [1.54, 1.807) is 28.4 Å². The van der Waals surface area contributed by atoms with Gasteiger partial charge in [0.1, 0.15) is 5.01 Å². The van der Waals surface area contributed by atoms with Crippen LogP contribution in [0.15, 0.2) is 60.2 Å². The molecule has 1 unspecified atom stereocenters. The van der Waals surface area contributed by atoms with E-state index in [-0.39, 0.29) is 11.9 Å². The van der Waals surface area contributed by atoms with Gasteiger partial charge in [-0.15, -0.1) is 16.4 Å². The van der Waals surface area contributed by atoms with Crippen LogP contribution in [-0.2, 0) is 6.54 Å². The summed E-state index contributed by atoms with van der Waals surface area (Å²) in [6.07, 6.45) is 6.64. The maximum absolute atomic E-state index is 13.2. The third kappa shape index (κ3) is 3.53. The quantitative estimate of drug-likeness (QED) is 0.510. The number of piperidine rings is 1. The van der Waals surface area contributed by atoms with Gasteiger partial charge in [-0.3, -0.25) is 4.79 Å². The van der Waals surface area contributed by atoms with Crippen LogP contribution in [0.3, 0.4) is 0 Å². The Morgan fingerprint density at radius 2 is 2.03 bits per heavy atom. The molecule has 29 heavy (non-hydrogen) atoms. The molecule has 6 nitrogen and oxygen atoms in total. The number of hydrogen-bond donors (Lipinski definition) is 0. The minimum Gasteiger partial charge on any atom is -0.328 e. The standard InChI is InChI=1S/C22H21N5OS/c28-22(27-12-4-3-10-20(27)21-23-11-13-29-21)19-15-26(25-24-19)14-17-8-5-7-16-6-1-2-9-18(16)17/h1-2,5-9,11,13,15,20H,3-4,10,12,14H2. The first-order valence-corrected chi connectivity index (χ1v) is 10.7. The highest BCUT2D eigenvalue weighted by Gasteiger charge is 2.31. The summed E-state index contributed by atoms with van der Waals surface area (Å²) in [6, 6.07) is 14.6. The number of nitrogens with zero attached hydrogens (tertiary/aromatic N) is 5. The first-order valence-electron chi connectivity index (χ1n) is 9.87. The van der Waals surface area contributed by atoms with Crippen LogP contribution in [-0.4, -0.2) is 37.3 Å². The van der Waals surface area contributed by atoms with Crippen molar-refractivity contribution in [3.8, 4) is 0 Å². The monoisotopic (exact) mass is 403 g/mol. The van der Waals surface area contributed by atoms with Crippen molar-refractivity contribution < 1.29 is 4.79 Å². The van der Waals surface area contributed by atoms with Gasteiger partial charge in [-0.25, -0.2) is 9.67 Å². The fraction of sp³-hybridized carbons (Fsp3) is 0.273. The number of rotatable bonds is 4. The highest BCUT2D eigenvalue weighted by Crippen LogP contribution is 2.32. The minimum absolute atomic E-state index is 0.0412. The Labute approximate surface area is 172 Å². The normalized spacial score (nSPS) is 17.0. The van der Waals surface area contributed by atoms with Crippen molar-refractivity contribution in [2.24, 2.45) is 0 Å². The van der Waals surface area contributed by atoms with Crippen LogP contribution in [0.4, 0.5) is 0 Å². The molecule has 5 rings (SSSR count). The van der Waals surface area contributed by atoms with E-state index in [1.165, 1.54) is 10.8 Å². The zero-order chi connectivity index (χ0) is 19.6. The number of benzene rings is 2. The molecule has 146 valence electrons. The Bertz CT molecular complexity index is 1130. The average Bonchev–Trinajstić information content (AvgIpc) is 3.46. The zero-order valence-corrected chi connectivity index (χ0v) is 16.8. The van der Waals surface area contributed by atoms with Crippen LogP contribution in [0.25, 0.3) is 10.8 Å². The molecule has 2 aromatic heterocycles. The number of aromatic nitrogens is 4. The van der Waals surface area contributed by atoms with E-state index in [4.69, 9.17) is 0 Å². The van der Waals surface area contributed by atoms with E-state index in [2.05, 4.69) is 39.6 Å². The predicted molar refractivity (Wildman–Crippen MR) is 113 cm³/mol. The van der Waals surface area contributed by atoms with Crippen molar-refractivity contribution in [1.29, 1.82) is 0 Å². The van der Waals surface area contributed by atoms with E-state index in [9.17, 15) is 4.79 Å². The summed E-state index contributed by atoms with van der Waals surface area (Å²) in [5.74, 6) is -0.0610. The molecule has 4 aromatic rings. The van der Waals surface area contributed by atoms with Crippen molar-refractivity contribution >= 4 is 28.0 Å². The van der Waals surface area contributed by atoms with Crippen molar-refractivity contribution in [3.63, 3.8) is 0 Å². The van der Waals surface area contributed by atoms with E-state index >= 15 is 0 Å². The van der Waals surface area contributed by atoms with Crippen molar-refractivity contribution in [1.82, 2.24) is 24.9 Å². The number of carbonyl (C=O) groups is 1. The van der Waals surface area contributed by atoms with Crippen LogP contribution in [0.1, 0.15) is 46.4 Å². The maximum atomic E-state index is 13.2. The Balaban J connectivity index is 1.38. The Kier molecular flexibility index (Phi) is 4.81. The SMILES string of the molecule is O=C(c1cn(Cc2cccc3ccccc23)nn1)N1CCCCC1c1nccs1. The second kappa shape index (κ2) is 7.75. The molecule has 1 amide bonds. The molecule has 1 atom stereocenters. The molecule has 3 heterocycles. The van der Waals surface area contributed by atoms with Crippen LogP contribution in [0.2, 0.25) is 0 Å². The summed E-state index contributed by atoms with van der Waals surface area (Å²) in [5, 5.41) is 13.8. The molecule has 2 aromatic carbocycles. The summed E-state index contributed by atoms with van der Waals surface area (Å²) in [4.78, 5) is 19.5. The molecule has 0 saturated carbocycles. The molecule has 1 aliphatic rings. The number of hydrogen-bond acceptors (Lipinski definition) is 5. The molecule has 0 bridgehead atoms. The number of amides is 1. The first kappa shape index (κ1) is 18.0. The Hall–Kier alpha value is -3.06. The minimum atomic E-state index is -0.0610. The smallest absolute Gasteiger partial charge is 0.276 e. The number of carbonyl (C=O) groups excluding carboxylic acids is 1. The molecule has 7 heteroatoms. The summed E-state index contributed by atoms with van der Waals surface area (Å²) in [7, 11) is 0. The van der Waals surface area contributed by atoms with Crippen LogP contribution < -0.4 is 0 Å². The third-order valence-corrected chi connectivity index (χ3v) is 6.35. The highest BCUT2D eigenvalue weighted by atomic mass is 32.1. The van der Waals surface area contributed by atoms with Gasteiger partial charge in [0, 0.05) is 18.1 Å². The molecule has 0 spiro atoms. The van der Waals surface area contributed by atoms with Gasteiger partial charge in [0.15, 0.2) is 5.69 Å². The van der Waals surface area contributed by atoms with Crippen LogP contribution >= 0.6 is 11.3 Å². The van der Waals surface area contributed by atoms with Gasteiger partial charge in [0.25, 0.3) is 5.91 Å². The first-order chi connectivity index (χ1) is 14.3. The van der Waals surface area contributed by atoms with E-state index in [1.807, 2.05) is 28.5 Å². The molecular formula is C22H21N5OS. The highest BCUT2D eigenvalue weighted by molar-refractivity contribution is 7.09. The van der Waals surface area contributed by atoms with E-state index < -0.39 is 0 Å². The summed E-state index contributed by atoms with van der Waals surface area (Å²) < 4.78 is 1.75. The van der Waals surface area contributed by atoms with Crippen molar-refractivity contribution in [2.45, 2.75) is 31.8 Å². The van der Waals surface area contributed by atoms with Crippen molar-refractivity contribution in [3.05, 3.63) is 76.5 Å². The Morgan fingerprint density at radius 3 is 2.93 bits per heavy atom. The lowest BCUT2D eigenvalue weighted by molar-refractivity contribution is 0.0605. The zero-order valence-electron chi connectivity index (χ0n) is 15.9. The molecular weight excluding hydrogens is 382 g/mol. The summed E-state index contributed by atoms with van der Waals surface area (Å²) in [6.45, 7) is 1.32. The van der Waals surface area contributed by atoms with Crippen LogP contribution in [0.5, 0.6) is 0 Å². The lowest BCUT2D eigenvalue weighted by atomic mass is 10.0. The fourth-order valence-corrected chi connectivity index (χ4v) is 4.84. The van der Waals surface area contributed by atoms with E-state index in [0.717, 1.165) is 36.4 Å². The van der Waals surface area contributed by atoms with Crippen molar-refractivity contribution in [2.75, 3.05) is 6.54 Å². The number of fused-ring (bicyclic) bond motifs is 1. The predicted octanol–water partition coefficient (Wildman–Crippen LogP) is 4.30. The van der Waals surface area contributed by atoms with Gasteiger partial charge in [-0.1, -0.05) is 47.7 Å². The lowest BCUT2D eigenvalue weighted by Gasteiger charge is -2.33. The lowest BCUT2D eigenvalue weighted by Crippen LogP contribution is -2.38. The van der Waals surface area contributed by atoms with E-state index in [0.29, 0.717) is 12.2 Å². The summed E-state index contributed by atoms with van der Waals surface area (Å²) in [5.41, 5.74) is 1.55. The van der Waals surface area contributed by atoms with Gasteiger partial charge in [0.2, 0.25) is 0 Å². The number of likely N-dealkylation sites (tertiary alicyclic amines) is 1.